The van der Waals surface area contributed by atoms with Crippen molar-refractivity contribution >= 4 is 164 Å². The first-order chi connectivity index (χ1) is 72.5. The SMILES string of the molecule is Cc1c(-c2cc(CC3CCCC3)cc[n+]2C)c2oc3ccccc3c2c2ccccc12.Cc1c(-c2cc(CC3CCCCC3)cc[n+]2C)c2oc3ccccc3c2c2ccccc12.Cc1cc[n+](C)c(-c2c(C)c3ccccc3c3c2oc2ccccc23)c1.[2H]C([2H])(C)c1cc[n+](C)c(-c2c(C)c3ccccc3c3c2oc2ccccc23)c1.[2H]C([2H])([2H])C([2H])(C)c1cc[n+](C)c(-c2c(C)c3ccccc3c3c2oc2ccccc23)c1. The van der Waals surface area contributed by atoms with Gasteiger partial charge in [-0.15, -0.1) is 0 Å². The zero-order valence-electron chi connectivity index (χ0n) is 90.5. The summed E-state index contributed by atoms with van der Waals surface area (Å²) in [6.45, 7) is 13.6. The van der Waals surface area contributed by atoms with Crippen LogP contribution in [0.15, 0.2) is 356 Å². The van der Waals surface area contributed by atoms with Crippen LogP contribution in [0.2, 0.25) is 0 Å². The summed E-state index contributed by atoms with van der Waals surface area (Å²) in [5.41, 5.74) is 31.4. The molecule has 10 aromatic heterocycles. The third kappa shape index (κ3) is 16.4. The molecular weight excluding hydrogens is 1760 g/mol. The molecule has 2 saturated carbocycles. The summed E-state index contributed by atoms with van der Waals surface area (Å²) < 4.78 is 91.6. The smallest absolute Gasteiger partial charge is 0.216 e. The average Bonchev–Trinajstić information content (AvgIpc) is 1.56. The number of rotatable bonds is 11. The van der Waals surface area contributed by atoms with E-state index in [0.717, 1.165) is 134 Å². The van der Waals surface area contributed by atoms with E-state index in [1.54, 1.807) is 13.0 Å². The van der Waals surface area contributed by atoms with Crippen molar-refractivity contribution in [3.63, 3.8) is 0 Å². The van der Waals surface area contributed by atoms with Crippen molar-refractivity contribution in [2.75, 3.05) is 0 Å². The summed E-state index contributed by atoms with van der Waals surface area (Å²) in [5.74, 6) is -0.0639. The van der Waals surface area contributed by atoms with E-state index in [0.29, 0.717) is 11.1 Å². The fraction of sp³-hybridized carbons (Fsp3) is 0.216. The minimum atomic E-state index is -2.45. The van der Waals surface area contributed by atoms with E-state index < -0.39 is 19.1 Å². The minimum Gasteiger partial charge on any atom is -0.455 e. The second-order valence-corrected chi connectivity index (χ2v) is 40.3. The largest absolute Gasteiger partial charge is 0.455 e. The van der Waals surface area contributed by atoms with Crippen LogP contribution in [-0.2, 0) is 54.5 Å². The molecule has 10 nitrogen and oxygen atoms in total. The number of nitrogens with zero attached hydrogens (tertiary/aromatic N) is 5. The monoisotopic (exact) mass is 1890 g/mol. The normalized spacial score (nSPS) is 14.4. The molecule has 15 aromatic carbocycles. The third-order valence-corrected chi connectivity index (χ3v) is 31.3. The van der Waals surface area contributed by atoms with Crippen molar-refractivity contribution in [2.45, 2.75) is 145 Å². The molecule has 0 saturated heterocycles. The molecule has 0 N–H and O–H groups in total. The van der Waals surface area contributed by atoms with Crippen molar-refractivity contribution in [3.05, 3.63) is 390 Å². The third-order valence-electron chi connectivity index (χ3n) is 31.3. The van der Waals surface area contributed by atoms with Crippen molar-refractivity contribution in [2.24, 2.45) is 47.1 Å². The van der Waals surface area contributed by atoms with Crippen LogP contribution in [0.1, 0.15) is 148 Å². The van der Waals surface area contributed by atoms with Gasteiger partial charge in [0.2, 0.25) is 28.5 Å². The van der Waals surface area contributed by atoms with Gasteiger partial charge in [-0.1, -0.05) is 291 Å². The zero-order chi connectivity index (χ0) is 104. The van der Waals surface area contributed by atoms with Gasteiger partial charge < -0.3 is 22.1 Å². The number of benzene rings is 15. The van der Waals surface area contributed by atoms with E-state index in [1.165, 1.54) is 220 Å². The maximum Gasteiger partial charge on any atom is 0.216 e. The van der Waals surface area contributed by atoms with Gasteiger partial charge in [0.15, 0.2) is 31.0 Å². The molecule has 2 aliphatic rings. The van der Waals surface area contributed by atoms with E-state index in [-0.39, 0.29) is 0 Å². The van der Waals surface area contributed by atoms with E-state index in [1.807, 2.05) is 108 Å². The second-order valence-electron chi connectivity index (χ2n) is 40.3. The summed E-state index contributed by atoms with van der Waals surface area (Å²) in [5, 5.41) is 23.8. The minimum absolute atomic E-state index is 0.447. The fourth-order valence-corrected chi connectivity index (χ4v) is 23.9. The number of hydrogen-bond donors (Lipinski definition) is 0. The second kappa shape index (κ2) is 38.3. The van der Waals surface area contributed by atoms with Gasteiger partial charge in [0, 0.05) is 123 Å². The molecule has 27 rings (SSSR count). The first-order valence-electron chi connectivity index (χ1n) is 54.1. The Morgan fingerprint density at radius 1 is 0.278 bits per heavy atom. The van der Waals surface area contributed by atoms with Gasteiger partial charge in [-0.05, 0) is 218 Å². The molecular formula is C134H124N5O5+5. The maximum atomic E-state index is 8.59. The lowest BCUT2D eigenvalue weighted by atomic mass is 9.84. The van der Waals surface area contributed by atoms with Crippen LogP contribution < -0.4 is 22.8 Å². The highest BCUT2D eigenvalue weighted by Gasteiger charge is 2.33. The van der Waals surface area contributed by atoms with Crippen LogP contribution in [0, 0.1) is 53.4 Å². The number of pyridine rings is 5. The number of para-hydroxylation sites is 5. The van der Waals surface area contributed by atoms with Gasteiger partial charge in [0.1, 0.15) is 91.1 Å². The molecule has 0 amide bonds. The number of furan rings is 5. The molecule has 10 heteroatoms. The van der Waals surface area contributed by atoms with Crippen LogP contribution >= 0.6 is 0 Å². The topological polar surface area (TPSA) is 85.1 Å². The maximum absolute atomic E-state index is 8.59. The summed E-state index contributed by atoms with van der Waals surface area (Å²) in [4.78, 5) is 0. The lowest BCUT2D eigenvalue weighted by molar-refractivity contribution is -0.660. The van der Waals surface area contributed by atoms with Crippen LogP contribution in [0.3, 0.4) is 0 Å². The quantitative estimate of drug-likeness (QED) is 0.120. The highest BCUT2D eigenvalue weighted by molar-refractivity contribution is 6.28. The molecule has 0 bridgehead atoms. The van der Waals surface area contributed by atoms with E-state index in [4.69, 9.17) is 30.3 Å². The molecule has 2 aliphatic carbocycles. The first kappa shape index (κ1) is 85.2. The molecule has 2 fully saturated rings. The van der Waals surface area contributed by atoms with Crippen LogP contribution in [0.5, 0.6) is 0 Å². The Morgan fingerprint density at radius 2 is 0.507 bits per heavy atom. The van der Waals surface area contributed by atoms with Crippen molar-refractivity contribution in [3.8, 4) is 56.3 Å². The molecule has 710 valence electrons. The number of aryl methyl sites for hydroxylation is 12. The van der Waals surface area contributed by atoms with Gasteiger partial charge >= 0.3 is 0 Å². The average molecular weight is 1890 g/mol. The highest BCUT2D eigenvalue weighted by atomic mass is 16.3. The Hall–Kier alpha value is -15.7. The Kier molecular flexibility index (Phi) is 22.7. The van der Waals surface area contributed by atoms with E-state index >= 15 is 0 Å². The Bertz CT molecular complexity index is 9690. The number of aromatic nitrogens is 5. The Morgan fingerprint density at radius 3 is 0.792 bits per heavy atom. The summed E-state index contributed by atoms with van der Waals surface area (Å²) in [7, 11) is 10.3. The van der Waals surface area contributed by atoms with Gasteiger partial charge in [-0.25, -0.2) is 22.8 Å². The Balaban J connectivity index is 0.000000103. The van der Waals surface area contributed by atoms with Gasteiger partial charge in [0.05, 0.1) is 27.8 Å². The molecule has 0 radical (unpaired) electrons. The van der Waals surface area contributed by atoms with Crippen LogP contribution in [0.4, 0.5) is 0 Å². The predicted molar refractivity (Wildman–Crippen MR) is 597 cm³/mol. The van der Waals surface area contributed by atoms with E-state index in [2.05, 4.69) is 319 Å². The summed E-state index contributed by atoms with van der Waals surface area (Å²) >= 11 is 0. The molecule has 144 heavy (non-hydrogen) atoms. The molecule has 10 heterocycles. The van der Waals surface area contributed by atoms with Crippen molar-refractivity contribution in [1.29, 1.82) is 0 Å². The molecule has 0 spiro atoms. The molecule has 0 aliphatic heterocycles. The number of fused-ring (bicyclic) bond motifs is 25. The molecule has 1 unspecified atom stereocenters. The standard InChI is InChI=1S/C30H30NO.C29H28NO.C26H24NO.C25H22NO.C24H20NO/c1-20-23-12-6-7-13-24(23)29-25-14-8-9-15-27(25)32-30(29)28(20)26-19-22(16-17-31(26)2)18-21-10-4-3-5-11-21;1-19-22-11-5-6-12-23(22)28-24-13-7-8-14-26(24)31-29(28)27(19)25-18-21(15-16-30(25)2)17-20-9-3-4-10-20;1-16(2)18-13-14-27(4)22(15-18)24-17(3)19-9-5-6-10-20(19)25-21-11-7-8-12-23(21)28-26(24)25;1-4-17-13-14-26(3)21(15-17)23-16(2)18-9-5-6-10-19(18)24-20-11-7-8-12-22(20)27-25(23)24;1-15-12-13-25(3)20(14-15)22-16(2)17-8-4-5-9-18(17)23-19-10-6-7-11-21(19)26-24(22)23/h6-9,12-17,19,21H,3-5,10-11,18H2,1-2H3;5-8,11-16,18,20H,3-4,9-10,17H2,1-2H3;5-16H,1-4H3;5-15H,4H2,1-3H3;4-14H,1-3H3/q5*+1/i;;1D3,16D;4D2;. The van der Waals surface area contributed by atoms with E-state index in [9.17, 15) is 0 Å². The molecule has 1 atom stereocenters. The van der Waals surface area contributed by atoms with Crippen LogP contribution in [0.25, 0.3) is 220 Å². The van der Waals surface area contributed by atoms with Crippen molar-refractivity contribution in [1.82, 2.24) is 0 Å². The Labute approximate surface area is 849 Å². The van der Waals surface area contributed by atoms with Gasteiger partial charge in [-0.3, -0.25) is 0 Å². The highest BCUT2D eigenvalue weighted by Crippen LogP contribution is 2.51. The van der Waals surface area contributed by atoms with Crippen molar-refractivity contribution < 1.29 is 53.1 Å². The lowest BCUT2D eigenvalue weighted by Crippen LogP contribution is -2.31. The summed E-state index contributed by atoms with van der Waals surface area (Å²) in [6.07, 6.45) is 23.7. The predicted octanol–water partition coefficient (Wildman–Crippen LogP) is 33.5. The van der Waals surface area contributed by atoms with Gasteiger partial charge in [-0.2, -0.15) is 0 Å². The lowest BCUT2D eigenvalue weighted by Gasteiger charge is -2.21. The number of hydrogen-bond acceptors (Lipinski definition) is 5. The van der Waals surface area contributed by atoms with Gasteiger partial charge in [0.25, 0.3) is 0 Å². The summed E-state index contributed by atoms with van der Waals surface area (Å²) in [6, 6.07) is 105. The zero-order valence-corrected chi connectivity index (χ0v) is 84.5. The van der Waals surface area contributed by atoms with Crippen LogP contribution in [-0.4, -0.2) is 0 Å². The molecule has 25 aromatic rings. The first-order valence-corrected chi connectivity index (χ1v) is 51.1. The fourth-order valence-electron chi connectivity index (χ4n) is 23.9.